The predicted octanol–water partition coefficient (Wildman–Crippen LogP) is 4.37. The van der Waals surface area contributed by atoms with Crippen LogP contribution in [-0.2, 0) is 6.54 Å². The van der Waals surface area contributed by atoms with Crippen LogP contribution < -0.4 is 14.8 Å². The van der Waals surface area contributed by atoms with Crippen LogP contribution in [0.1, 0.15) is 32.8 Å². The third-order valence-corrected chi connectivity index (χ3v) is 3.78. The van der Waals surface area contributed by atoms with Gasteiger partial charge in [0.25, 0.3) is 0 Å². The molecule has 0 amide bonds. The van der Waals surface area contributed by atoms with Gasteiger partial charge in [0, 0.05) is 28.7 Å². The van der Waals surface area contributed by atoms with E-state index in [1.54, 1.807) is 13.2 Å². The summed E-state index contributed by atoms with van der Waals surface area (Å²) in [6.45, 7) is 7.77. The zero-order valence-corrected chi connectivity index (χ0v) is 15.2. The quantitative estimate of drug-likeness (QED) is 0.717. The number of ether oxygens (including phenoxy) is 2. The second-order valence-corrected chi connectivity index (χ2v) is 7.32. The number of nitrogens with one attached hydrogen (secondary N) is 1. The summed E-state index contributed by atoms with van der Waals surface area (Å²) in [6, 6.07) is 3.73. The van der Waals surface area contributed by atoms with Gasteiger partial charge in [-0.2, -0.15) is 11.8 Å². The molecule has 3 nitrogen and oxygen atoms in total. The fourth-order valence-corrected chi connectivity index (χ4v) is 2.44. The Labute approximate surface area is 137 Å². The first-order chi connectivity index (χ1) is 9.87. The number of halogens is 1. The highest BCUT2D eigenvalue weighted by molar-refractivity contribution is 7.98. The molecule has 0 saturated heterocycles. The summed E-state index contributed by atoms with van der Waals surface area (Å²) in [5, 5.41) is 4.12. The maximum atomic E-state index is 6.17. The second kappa shape index (κ2) is 8.76. The van der Waals surface area contributed by atoms with Crippen molar-refractivity contribution in [1.29, 1.82) is 0 Å². The van der Waals surface area contributed by atoms with Crippen LogP contribution >= 0.6 is 23.4 Å². The zero-order chi connectivity index (χ0) is 15.9. The van der Waals surface area contributed by atoms with Crippen LogP contribution in [0, 0.1) is 0 Å². The first kappa shape index (κ1) is 18.5. The highest BCUT2D eigenvalue weighted by Gasteiger charge is 2.15. The molecule has 0 spiro atoms. The van der Waals surface area contributed by atoms with E-state index in [0.717, 1.165) is 23.5 Å². The minimum atomic E-state index is 0.0334. The number of rotatable bonds is 8. The molecule has 21 heavy (non-hydrogen) atoms. The van der Waals surface area contributed by atoms with Gasteiger partial charge in [0.15, 0.2) is 11.5 Å². The van der Waals surface area contributed by atoms with E-state index in [4.69, 9.17) is 21.1 Å². The molecule has 0 saturated carbocycles. The number of benzene rings is 1. The number of thioether (sulfide) groups is 1. The molecule has 0 aromatic heterocycles. The summed E-state index contributed by atoms with van der Waals surface area (Å²) in [6.07, 6.45) is 3.11. The normalized spacial score (nSPS) is 11.5. The van der Waals surface area contributed by atoms with Gasteiger partial charge in [-0.25, -0.2) is 0 Å². The molecule has 1 N–H and O–H groups in total. The average molecular weight is 332 g/mol. The lowest BCUT2D eigenvalue weighted by Gasteiger charge is -2.22. The van der Waals surface area contributed by atoms with Gasteiger partial charge in [-0.1, -0.05) is 11.6 Å². The van der Waals surface area contributed by atoms with Gasteiger partial charge in [0.05, 0.1) is 13.7 Å². The van der Waals surface area contributed by atoms with Crippen LogP contribution in [0.4, 0.5) is 0 Å². The molecule has 0 heterocycles. The molecule has 120 valence electrons. The van der Waals surface area contributed by atoms with Crippen molar-refractivity contribution in [2.45, 2.75) is 39.3 Å². The van der Waals surface area contributed by atoms with Crippen molar-refractivity contribution < 1.29 is 9.47 Å². The Morgan fingerprint density at radius 3 is 2.57 bits per heavy atom. The van der Waals surface area contributed by atoms with Gasteiger partial charge < -0.3 is 14.8 Å². The van der Waals surface area contributed by atoms with Crippen molar-refractivity contribution in [3.05, 3.63) is 22.7 Å². The van der Waals surface area contributed by atoms with E-state index in [9.17, 15) is 0 Å². The lowest BCUT2D eigenvalue weighted by Crippen LogP contribution is -2.35. The lowest BCUT2D eigenvalue weighted by atomic mass is 10.1. The van der Waals surface area contributed by atoms with Gasteiger partial charge in [0.1, 0.15) is 0 Å². The zero-order valence-electron chi connectivity index (χ0n) is 13.6. The Morgan fingerprint density at radius 1 is 1.29 bits per heavy atom. The van der Waals surface area contributed by atoms with Gasteiger partial charge in [-0.05, 0) is 45.3 Å². The van der Waals surface area contributed by atoms with E-state index < -0.39 is 0 Å². The van der Waals surface area contributed by atoms with Crippen molar-refractivity contribution in [2.75, 3.05) is 25.7 Å². The van der Waals surface area contributed by atoms with Crippen molar-refractivity contribution in [2.24, 2.45) is 0 Å². The third kappa shape index (κ3) is 6.81. The van der Waals surface area contributed by atoms with Crippen molar-refractivity contribution in [3.63, 3.8) is 0 Å². The smallest absolute Gasteiger partial charge is 0.165 e. The first-order valence-electron chi connectivity index (χ1n) is 7.10. The van der Waals surface area contributed by atoms with Gasteiger partial charge >= 0.3 is 0 Å². The summed E-state index contributed by atoms with van der Waals surface area (Å²) >= 11 is 7.99. The minimum absolute atomic E-state index is 0.0334. The Morgan fingerprint density at radius 2 is 2.00 bits per heavy atom. The summed E-state index contributed by atoms with van der Waals surface area (Å²) in [5.41, 5.74) is 1.06. The van der Waals surface area contributed by atoms with Crippen LogP contribution in [0.25, 0.3) is 0 Å². The molecule has 0 atom stereocenters. The maximum absolute atomic E-state index is 6.17. The van der Waals surface area contributed by atoms with E-state index in [0.29, 0.717) is 23.9 Å². The van der Waals surface area contributed by atoms with Gasteiger partial charge in [-0.3, -0.25) is 0 Å². The maximum Gasteiger partial charge on any atom is 0.165 e. The van der Waals surface area contributed by atoms with E-state index >= 15 is 0 Å². The SMILES string of the molecule is COc1cc(Cl)cc(CNC(C)(C)C)c1OCCCSC. The fraction of sp³-hybridized carbons (Fsp3) is 0.625. The van der Waals surface area contributed by atoms with Crippen LogP contribution in [0.3, 0.4) is 0 Å². The van der Waals surface area contributed by atoms with E-state index in [1.807, 2.05) is 17.8 Å². The molecule has 0 fully saturated rings. The Balaban J connectivity index is 2.88. The van der Waals surface area contributed by atoms with Crippen LogP contribution in [-0.4, -0.2) is 31.3 Å². The van der Waals surface area contributed by atoms with Gasteiger partial charge in [-0.15, -0.1) is 0 Å². The van der Waals surface area contributed by atoms with Crippen molar-refractivity contribution in [3.8, 4) is 11.5 Å². The van der Waals surface area contributed by atoms with E-state index in [2.05, 4.69) is 32.3 Å². The summed E-state index contributed by atoms with van der Waals surface area (Å²) in [4.78, 5) is 0. The van der Waals surface area contributed by atoms with Gasteiger partial charge in [0.2, 0.25) is 0 Å². The standard InChI is InChI=1S/C16H26ClNO2S/c1-16(2,3)18-11-12-9-13(17)10-14(19-4)15(12)20-7-6-8-21-5/h9-10,18H,6-8,11H2,1-5H3. The molecule has 0 aliphatic carbocycles. The largest absolute Gasteiger partial charge is 0.493 e. The number of hydrogen-bond donors (Lipinski definition) is 1. The molecule has 0 unspecified atom stereocenters. The fourth-order valence-electron chi connectivity index (χ4n) is 1.81. The summed E-state index contributed by atoms with van der Waals surface area (Å²) < 4.78 is 11.4. The number of hydrogen-bond acceptors (Lipinski definition) is 4. The monoisotopic (exact) mass is 331 g/mol. The van der Waals surface area contributed by atoms with Crippen LogP contribution in [0.2, 0.25) is 5.02 Å². The molecule has 1 aromatic carbocycles. The molecule has 0 aliphatic rings. The highest BCUT2D eigenvalue weighted by atomic mass is 35.5. The molecule has 5 heteroatoms. The molecule has 1 aromatic rings. The van der Waals surface area contributed by atoms with E-state index in [-0.39, 0.29) is 5.54 Å². The molecule has 0 radical (unpaired) electrons. The lowest BCUT2D eigenvalue weighted by molar-refractivity contribution is 0.289. The van der Waals surface area contributed by atoms with Crippen LogP contribution in [0.15, 0.2) is 12.1 Å². The third-order valence-electron chi connectivity index (χ3n) is 2.86. The Hall–Kier alpha value is -0.580. The molecule has 1 rings (SSSR count). The summed E-state index contributed by atoms with van der Waals surface area (Å²) in [5.74, 6) is 2.57. The first-order valence-corrected chi connectivity index (χ1v) is 8.87. The van der Waals surface area contributed by atoms with Crippen molar-refractivity contribution in [1.82, 2.24) is 5.32 Å². The minimum Gasteiger partial charge on any atom is -0.493 e. The molecule has 0 bridgehead atoms. The molecular weight excluding hydrogens is 306 g/mol. The Kier molecular flexibility index (Phi) is 7.71. The van der Waals surface area contributed by atoms with E-state index in [1.165, 1.54) is 0 Å². The highest BCUT2D eigenvalue weighted by Crippen LogP contribution is 2.35. The topological polar surface area (TPSA) is 30.5 Å². The Bertz CT molecular complexity index is 447. The second-order valence-electron chi connectivity index (χ2n) is 5.89. The molecule has 0 aliphatic heterocycles. The number of methoxy groups -OCH3 is 1. The average Bonchev–Trinajstić information content (AvgIpc) is 2.41. The molecular formula is C16H26ClNO2S. The predicted molar refractivity (Wildman–Crippen MR) is 93.1 cm³/mol. The van der Waals surface area contributed by atoms with Crippen LogP contribution in [0.5, 0.6) is 11.5 Å². The van der Waals surface area contributed by atoms with Crippen molar-refractivity contribution >= 4 is 23.4 Å². The summed E-state index contributed by atoms with van der Waals surface area (Å²) in [7, 11) is 1.64.